The van der Waals surface area contributed by atoms with Crippen molar-refractivity contribution in [2.24, 2.45) is 0 Å². The lowest BCUT2D eigenvalue weighted by atomic mass is 9.92. The summed E-state index contributed by atoms with van der Waals surface area (Å²) in [4.78, 5) is 14.0. The van der Waals surface area contributed by atoms with Crippen LogP contribution < -0.4 is 10.2 Å². The summed E-state index contributed by atoms with van der Waals surface area (Å²) in [6, 6.07) is 7.40. The number of nitrogens with one attached hydrogen (secondary N) is 1. The van der Waals surface area contributed by atoms with Crippen LogP contribution in [0, 0.1) is 0 Å². The molecule has 2 fully saturated rings. The molecule has 1 N–H and O–H groups in total. The molecule has 2 saturated heterocycles. The number of fused-ring (bicyclic) bond motifs is 1. The van der Waals surface area contributed by atoms with Gasteiger partial charge in [0.1, 0.15) is 6.33 Å². The maximum absolute atomic E-state index is 4.63. The highest BCUT2D eigenvalue weighted by Gasteiger charge is 2.25. The van der Waals surface area contributed by atoms with Crippen LogP contribution in [-0.2, 0) is 0 Å². The number of piperidine rings is 1. The molecular weight excluding hydrogens is 298 g/mol. The van der Waals surface area contributed by atoms with Crippen molar-refractivity contribution in [2.45, 2.75) is 31.2 Å². The average Bonchev–Trinajstić information content (AvgIpc) is 3.12. The Hall–Kier alpha value is -1.72. The molecule has 1 unspecified atom stereocenters. The smallest absolute Gasteiger partial charge is 0.116 e. The van der Waals surface area contributed by atoms with Gasteiger partial charge in [-0.1, -0.05) is 0 Å². The lowest BCUT2D eigenvalue weighted by Gasteiger charge is -2.24. The molecule has 2 aliphatic rings. The van der Waals surface area contributed by atoms with E-state index in [2.05, 4.69) is 57.4 Å². The van der Waals surface area contributed by atoms with Gasteiger partial charge in [-0.25, -0.2) is 9.97 Å². The molecule has 2 aliphatic heterocycles. The van der Waals surface area contributed by atoms with E-state index in [1.54, 1.807) is 6.33 Å². The highest BCUT2D eigenvalue weighted by molar-refractivity contribution is 5.84. The van der Waals surface area contributed by atoms with Crippen LogP contribution in [0.4, 0.5) is 5.69 Å². The first kappa shape index (κ1) is 15.8. The molecule has 4 rings (SSSR count). The first-order valence-electron chi connectivity index (χ1n) is 9.09. The minimum absolute atomic E-state index is 0.563. The van der Waals surface area contributed by atoms with E-state index in [9.17, 15) is 0 Å². The number of anilines is 1. The number of hydrogen-bond acceptors (Lipinski definition) is 5. The van der Waals surface area contributed by atoms with Crippen LogP contribution in [-0.4, -0.2) is 61.2 Å². The maximum Gasteiger partial charge on any atom is 0.116 e. The predicted molar refractivity (Wildman–Crippen MR) is 98.7 cm³/mol. The van der Waals surface area contributed by atoms with E-state index in [1.807, 2.05) is 0 Å². The molecule has 0 saturated carbocycles. The maximum atomic E-state index is 4.63. The number of benzene rings is 1. The van der Waals surface area contributed by atoms with Crippen molar-refractivity contribution < 1.29 is 0 Å². The number of likely N-dealkylation sites (N-methyl/N-ethyl adjacent to an activating group) is 1. The molecule has 0 radical (unpaired) electrons. The van der Waals surface area contributed by atoms with Crippen LogP contribution in [0.2, 0.25) is 0 Å². The van der Waals surface area contributed by atoms with Gasteiger partial charge < -0.3 is 15.1 Å². The van der Waals surface area contributed by atoms with Crippen molar-refractivity contribution in [1.29, 1.82) is 0 Å². The Morgan fingerprint density at radius 3 is 2.71 bits per heavy atom. The summed E-state index contributed by atoms with van der Waals surface area (Å²) in [5.41, 5.74) is 3.62. The molecule has 3 heterocycles. The topological polar surface area (TPSA) is 44.3 Å². The molecule has 0 spiro atoms. The van der Waals surface area contributed by atoms with Crippen LogP contribution in [0.15, 0.2) is 24.5 Å². The van der Waals surface area contributed by atoms with Gasteiger partial charge in [0.25, 0.3) is 0 Å². The van der Waals surface area contributed by atoms with Crippen molar-refractivity contribution in [3.63, 3.8) is 0 Å². The molecule has 0 amide bonds. The van der Waals surface area contributed by atoms with Crippen molar-refractivity contribution >= 4 is 16.6 Å². The van der Waals surface area contributed by atoms with E-state index >= 15 is 0 Å². The third-order valence-corrected chi connectivity index (χ3v) is 5.64. The van der Waals surface area contributed by atoms with Gasteiger partial charge in [0.05, 0.1) is 11.2 Å². The molecule has 1 atom stereocenters. The van der Waals surface area contributed by atoms with E-state index in [0.29, 0.717) is 12.0 Å². The van der Waals surface area contributed by atoms with Gasteiger partial charge in [-0.05, 0) is 64.6 Å². The molecule has 0 bridgehead atoms. The molecular formula is C19H27N5. The third kappa shape index (κ3) is 2.98. The Kier molecular flexibility index (Phi) is 4.37. The Morgan fingerprint density at radius 2 is 1.96 bits per heavy atom. The van der Waals surface area contributed by atoms with E-state index in [1.165, 1.54) is 36.0 Å². The van der Waals surface area contributed by atoms with Gasteiger partial charge in [-0.3, -0.25) is 0 Å². The minimum atomic E-state index is 0.563. The van der Waals surface area contributed by atoms with Crippen LogP contribution in [0.3, 0.4) is 0 Å². The summed E-state index contributed by atoms with van der Waals surface area (Å²) >= 11 is 0. The van der Waals surface area contributed by atoms with E-state index in [-0.39, 0.29) is 0 Å². The summed E-state index contributed by atoms with van der Waals surface area (Å²) in [5.74, 6) is 0.563. The zero-order valence-electron chi connectivity index (χ0n) is 14.7. The largest absolute Gasteiger partial charge is 0.370 e. The van der Waals surface area contributed by atoms with Gasteiger partial charge in [-0.15, -0.1) is 0 Å². The molecule has 24 heavy (non-hydrogen) atoms. The van der Waals surface area contributed by atoms with E-state index < -0.39 is 0 Å². The number of aromatic nitrogens is 2. The first-order valence-corrected chi connectivity index (χ1v) is 9.09. The molecule has 128 valence electrons. The quantitative estimate of drug-likeness (QED) is 0.937. The van der Waals surface area contributed by atoms with Crippen LogP contribution >= 0.6 is 0 Å². The summed E-state index contributed by atoms with van der Waals surface area (Å²) in [7, 11) is 4.35. The van der Waals surface area contributed by atoms with Crippen molar-refractivity contribution in [3.8, 4) is 0 Å². The zero-order chi connectivity index (χ0) is 16.5. The van der Waals surface area contributed by atoms with Gasteiger partial charge in [0, 0.05) is 36.1 Å². The number of hydrogen-bond donors (Lipinski definition) is 1. The van der Waals surface area contributed by atoms with Gasteiger partial charge in [0.15, 0.2) is 0 Å². The van der Waals surface area contributed by atoms with Crippen molar-refractivity contribution in [2.75, 3.05) is 45.2 Å². The molecule has 0 aliphatic carbocycles. The summed E-state index contributed by atoms with van der Waals surface area (Å²) in [6.45, 7) is 4.41. The lowest BCUT2D eigenvalue weighted by Crippen LogP contribution is -2.31. The minimum Gasteiger partial charge on any atom is -0.370 e. The first-order chi connectivity index (χ1) is 11.7. The molecule has 5 nitrogen and oxygen atoms in total. The Balaban J connectivity index is 1.62. The second-order valence-electron chi connectivity index (χ2n) is 7.34. The SMILES string of the molecule is CN(C)C1CCN(c2ccc3c(C4CCNCC4)ncnc3c2)C1. The fourth-order valence-corrected chi connectivity index (χ4v) is 4.08. The summed E-state index contributed by atoms with van der Waals surface area (Å²) in [5, 5.41) is 4.67. The predicted octanol–water partition coefficient (Wildman–Crippen LogP) is 2.24. The normalized spacial score (nSPS) is 22.6. The van der Waals surface area contributed by atoms with Crippen LogP contribution in [0.1, 0.15) is 30.9 Å². The average molecular weight is 325 g/mol. The Morgan fingerprint density at radius 1 is 1.12 bits per heavy atom. The van der Waals surface area contributed by atoms with Crippen LogP contribution in [0.25, 0.3) is 10.9 Å². The standard InChI is InChI=1S/C19H27N5/c1-23(2)16-7-10-24(12-16)15-3-4-17-18(11-15)21-13-22-19(17)14-5-8-20-9-6-14/h3-4,11,13-14,16,20H,5-10,12H2,1-2H3. The monoisotopic (exact) mass is 325 g/mol. The fraction of sp³-hybridized carbons (Fsp3) is 0.579. The van der Waals surface area contributed by atoms with Gasteiger partial charge in [0.2, 0.25) is 0 Å². The highest BCUT2D eigenvalue weighted by Crippen LogP contribution is 2.31. The third-order valence-electron chi connectivity index (χ3n) is 5.64. The highest BCUT2D eigenvalue weighted by atomic mass is 15.2. The van der Waals surface area contributed by atoms with Crippen molar-refractivity contribution in [1.82, 2.24) is 20.2 Å². The fourth-order valence-electron chi connectivity index (χ4n) is 4.08. The van der Waals surface area contributed by atoms with Gasteiger partial charge >= 0.3 is 0 Å². The van der Waals surface area contributed by atoms with Crippen molar-refractivity contribution in [3.05, 3.63) is 30.2 Å². The molecule has 1 aromatic carbocycles. The molecule has 1 aromatic heterocycles. The zero-order valence-corrected chi connectivity index (χ0v) is 14.7. The Labute approximate surface area is 144 Å². The summed E-state index contributed by atoms with van der Waals surface area (Å²) < 4.78 is 0. The Bertz CT molecular complexity index is 708. The second-order valence-corrected chi connectivity index (χ2v) is 7.34. The molecule has 2 aromatic rings. The van der Waals surface area contributed by atoms with Crippen LogP contribution in [0.5, 0.6) is 0 Å². The number of rotatable bonds is 3. The van der Waals surface area contributed by atoms with E-state index in [4.69, 9.17) is 0 Å². The summed E-state index contributed by atoms with van der Waals surface area (Å²) in [6.07, 6.45) is 5.32. The van der Waals surface area contributed by atoms with Gasteiger partial charge in [-0.2, -0.15) is 0 Å². The number of nitrogens with zero attached hydrogens (tertiary/aromatic N) is 4. The second kappa shape index (κ2) is 6.65. The van der Waals surface area contributed by atoms with E-state index in [0.717, 1.165) is 31.7 Å². The lowest BCUT2D eigenvalue weighted by molar-refractivity contribution is 0.315. The molecule has 5 heteroatoms.